The van der Waals surface area contributed by atoms with Crippen LogP contribution in [0.1, 0.15) is 12.8 Å². The van der Waals surface area contributed by atoms with Crippen molar-refractivity contribution in [1.29, 1.82) is 0 Å². The Bertz CT molecular complexity index is 209. The van der Waals surface area contributed by atoms with Gasteiger partial charge in [-0.15, -0.1) is 0 Å². The van der Waals surface area contributed by atoms with Gasteiger partial charge in [0.2, 0.25) is 0 Å². The summed E-state index contributed by atoms with van der Waals surface area (Å²) in [5.74, 6) is 0. The maximum absolute atomic E-state index is 8.18. The molecule has 14 heavy (non-hydrogen) atoms. The first kappa shape index (κ1) is 11.3. The van der Waals surface area contributed by atoms with E-state index < -0.39 is 0 Å². The molecular weight excluding hydrogens is 178 g/mol. The summed E-state index contributed by atoms with van der Waals surface area (Å²) >= 11 is 0. The van der Waals surface area contributed by atoms with Crippen LogP contribution in [0.15, 0.2) is 5.11 Å². The molecule has 1 aliphatic heterocycles. The number of likely N-dealkylation sites (N-methyl/N-ethyl adjacent to an activating group) is 1. The molecule has 1 saturated heterocycles. The lowest BCUT2D eigenvalue weighted by Crippen LogP contribution is -2.38. The van der Waals surface area contributed by atoms with E-state index >= 15 is 0 Å². The van der Waals surface area contributed by atoms with Crippen LogP contribution >= 0.6 is 0 Å². The van der Waals surface area contributed by atoms with Crippen molar-refractivity contribution in [2.75, 3.05) is 40.3 Å². The maximum atomic E-state index is 8.18. The molecule has 0 aromatic heterocycles. The fourth-order valence-electron chi connectivity index (χ4n) is 2.04. The van der Waals surface area contributed by atoms with Gasteiger partial charge in [-0.2, -0.15) is 0 Å². The van der Waals surface area contributed by atoms with Gasteiger partial charge in [0, 0.05) is 30.6 Å². The first-order valence-electron chi connectivity index (χ1n) is 5.13. The van der Waals surface area contributed by atoms with Crippen molar-refractivity contribution in [3.05, 3.63) is 10.4 Å². The fraction of sp³-hybridized carbons (Fsp3) is 1.00. The molecule has 0 aromatic rings. The standard InChI is InChI=1S/C9H19N5/c1-13(2)8-9-4-3-6-14(9)7-5-11-12-10/h9H,3-8H2,1-2H3. The largest absolute Gasteiger partial charge is 0.308 e. The van der Waals surface area contributed by atoms with E-state index in [-0.39, 0.29) is 0 Å². The molecule has 1 atom stereocenters. The Balaban J connectivity index is 2.31. The highest BCUT2D eigenvalue weighted by Crippen LogP contribution is 2.16. The van der Waals surface area contributed by atoms with E-state index in [1.807, 2.05) is 0 Å². The van der Waals surface area contributed by atoms with Crippen molar-refractivity contribution in [3.8, 4) is 0 Å². The van der Waals surface area contributed by atoms with Crippen LogP contribution in [0.4, 0.5) is 0 Å². The van der Waals surface area contributed by atoms with E-state index in [1.54, 1.807) is 0 Å². The minimum absolute atomic E-state index is 0.598. The fourth-order valence-corrected chi connectivity index (χ4v) is 2.04. The van der Waals surface area contributed by atoms with Crippen LogP contribution in [0.3, 0.4) is 0 Å². The average molecular weight is 197 g/mol. The number of likely N-dealkylation sites (tertiary alicyclic amines) is 1. The van der Waals surface area contributed by atoms with Crippen LogP contribution in [0.5, 0.6) is 0 Å². The van der Waals surface area contributed by atoms with Gasteiger partial charge in [0.1, 0.15) is 0 Å². The minimum Gasteiger partial charge on any atom is -0.308 e. The Kier molecular flexibility index (Phi) is 4.73. The molecule has 1 unspecified atom stereocenters. The predicted molar refractivity (Wildman–Crippen MR) is 57.2 cm³/mol. The van der Waals surface area contributed by atoms with Crippen LogP contribution < -0.4 is 0 Å². The lowest BCUT2D eigenvalue weighted by atomic mass is 10.2. The number of nitrogens with zero attached hydrogens (tertiary/aromatic N) is 5. The molecule has 0 radical (unpaired) electrons. The highest BCUT2D eigenvalue weighted by atomic mass is 15.2. The molecule has 5 nitrogen and oxygen atoms in total. The molecule has 1 rings (SSSR count). The summed E-state index contributed by atoms with van der Waals surface area (Å²) < 4.78 is 0. The Morgan fingerprint density at radius 2 is 2.36 bits per heavy atom. The summed E-state index contributed by atoms with van der Waals surface area (Å²) in [6.45, 7) is 3.76. The quantitative estimate of drug-likeness (QED) is 0.379. The average Bonchev–Trinajstić information content (AvgIpc) is 2.52. The van der Waals surface area contributed by atoms with Crippen molar-refractivity contribution in [1.82, 2.24) is 9.80 Å². The zero-order valence-corrected chi connectivity index (χ0v) is 9.06. The van der Waals surface area contributed by atoms with Gasteiger partial charge in [0.15, 0.2) is 0 Å². The number of hydrogen-bond donors (Lipinski definition) is 0. The van der Waals surface area contributed by atoms with Crippen molar-refractivity contribution >= 4 is 0 Å². The second-order valence-electron chi connectivity index (χ2n) is 4.05. The van der Waals surface area contributed by atoms with Gasteiger partial charge in [-0.05, 0) is 39.0 Å². The van der Waals surface area contributed by atoms with E-state index in [4.69, 9.17) is 5.53 Å². The van der Waals surface area contributed by atoms with E-state index in [0.29, 0.717) is 12.6 Å². The Morgan fingerprint density at radius 1 is 1.57 bits per heavy atom. The first-order valence-corrected chi connectivity index (χ1v) is 5.13. The van der Waals surface area contributed by atoms with Gasteiger partial charge in [-0.25, -0.2) is 0 Å². The summed E-state index contributed by atoms with van der Waals surface area (Å²) in [5, 5.41) is 3.57. The molecule has 1 heterocycles. The zero-order valence-electron chi connectivity index (χ0n) is 9.06. The van der Waals surface area contributed by atoms with Gasteiger partial charge in [-0.1, -0.05) is 5.11 Å². The normalized spacial score (nSPS) is 22.6. The molecule has 0 N–H and O–H groups in total. The molecule has 0 spiro atoms. The van der Waals surface area contributed by atoms with E-state index in [9.17, 15) is 0 Å². The molecule has 0 saturated carbocycles. The van der Waals surface area contributed by atoms with Crippen molar-refractivity contribution in [2.45, 2.75) is 18.9 Å². The highest BCUT2D eigenvalue weighted by Gasteiger charge is 2.23. The summed E-state index contributed by atoms with van der Waals surface area (Å²) in [6, 6.07) is 0.652. The van der Waals surface area contributed by atoms with Crippen molar-refractivity contribution in [2.24, 2.45) is 5.11 Å². The summed E-state index contributed by atoms with van der Waals surface area (Å²) in [4.78, 5) is 7.41. The van der Waals surface area contributed by atoms with Crippen LogP contribution in [0.2, 0.25) is 0 Å². The topological polar surface area (TPSA) is 55.2 Å². The van der Waals surface area contributed by atoms with Gasteiger partial charge >= 0.3 is 0 Å². The van der Waals surface area contributed by atoms with Crippen LogP contribution in [0, 0.1) is 0 Å². The summed E-state index contributed by atoms with van der Waals surface area (Å²) in [7, 11) is 4.20. The third kappa shape index (κ3) is 3.54. The zero-order chi connectivity index (χ0) is 10.4. The second kappa shape index (κ2) is 5.86. The molecule has 5 heteroatoms. The van der Waals surface area contributed by atoms with Gasteiger partial charge < -0.3 is 4.90 Å². The van der Waals surface area contributed by atoms with E-state index in [1.165, 1.54) is 12.8 Å². The third-order valence-corrected chi connectivity index (χ3v) is 2.63. The molecule has 1 aliphatic rings. The highest BCUT2D eigenvalue weighted by molar-refractivity contribution is 4.81. The lowest BCUT2D eigenvalue weighted by Gasteiger charge is -2.26. The monoisotopic (exact) mass is 197 g/mol. The number of rotatable bonds is 5. The number of azide groups is 1. The van der Waals surface area contributed by atoms with Gasteiger partial charge in [-0.3, -0.25) is 4.90 Å². The molecule has 0 aromatic carbocycles. The smallest absolute Gasteiger partial charge is 0.0385 e. The molecule has 0 amide bonds. The van der Waals surface area contributed by atoms with Gasteiger partial charge in [0.25, 0.3) is 0 Å². The molecular formula is C9H19N5. The van der Waals surface area contributed by atoms with Crippen LogP contribution in [-0.2, 0) is 0 Å². The maximum Gasteiger partial charge on any atom is 0.0385 e. The van der Waals surface area contributed by atoms with E-state index in [2.05, 4.69) is 33.9 Å². The first-order chi connectivity index (χ1) is 6.74. The lowest BCUT2D eigenvalue weighted by molar-refractivity contribution is 0.212. The molecule has 1 fully saturated rings. The van der Waals surface area contributed by atoms with Crippen LogP contribution in [0.25, 0.3) is 10.4 Å². The Labute approximate surface area is 85.3 Å². The second-order valence-corrected chi connectivity index (χ2v) is 4.05. The predicted octanol–water partition coefficient (Wildman–Crippen LogP) is 1.32. The third-order valence-electron chi connectivity index (χ3n) is 2.63. The summed E-state index contributed by atoms with van der Waals surface area (Å²) in [6.07, 6.45) is 2.54. The van der Waals surface area contributed by atoms with E-state index in [0.717, 1.165) is 19.6 Å². The number of hydrogen-bond acceptors (Lipinski definition) is 3. The van der Waals surface area contributed by atoms with Crippen molar-refractivity contribution in [3.63, 3.8) is 0 Å². The van der Waals surface area contributed by atoms with Crippen molar-refractivity contribution < 1.29 is 0 Å². The summed E-state index contributed by atoms with van der Waals surface area (Å²) in [5.41, 5.74) is 8.18. The Morgan fingerprint density at radius 3 is 3.00 bits per heavy atom. The van der Waals surface area contributed by atoms with Gasteiger partial charge in [0.05, 0.1) is 0 Å². The van der Waals surface area contributed by atoms with Crippen LogP contribution in [-0.4, -0.2) is 56.1 Å². The SMILES string of the molecule is CN(C)CC1CCCN1CCN=[N+]=[N-]. The molecule has 80 valence electrons. The Hall–Kier alpha value is -0.770. The molecule has 0 bridgehead atoms. The molecule has 0 aliphatic carbocycles. The minimum atomic E-state index is 0.598.